The number of ether oxygens (including phenoxy) is 1. The summed E-state index contributed by atoms with van der Waals surface area (Å²) in [6.07, 6.45) is 1.33. The molecule has 0 aliphatic heterocycles. The molecular formula is C24H20FNO4S. The minimum Gasteiger partial charge on any atom is -0.497 e. The van der Waals surface area contributed by atoms with E-state index >= 15 is 0 Å². The second-order valence-electron chi connectivity index (χ2n) is 7.28. The standard InChI is InChI=1S/C24H20FNO4S/c1-16-6-9-20(10-7-16)31(28,29)23-15-26(14-17-4-3-5-19(12-17)30-2)22-11-8-18(25)13-21(22)24(23)27/h3-13,15H,14H2,1-2H3. The van der Waals surface area contributed by atoms with Crippen LogP contribution in [0.3, 0.4) is 0 Å². The van der Waals surface area contributed by atoms with Gasteiger partial charge >= 0.3 is 0 Å². The molecule has 0 bridgehead atoms. The smallest absolute Gasteiger partial charge is 0.211 e. The molecule has 4 rings (SSSR count). The van der Waals surface area contributed by atoms with Gasteiger partial charge in [-0.15, -0.1) is 0 Å². The van der Waals surface area contributed by atoms with E-state index in [9.17, 15) is 17.6 Å². The van der Waals surface area contributed by atoms with Crippen LogP contribution in [0.5, 0.6) is 5.75 Å². The molecular weight excluding hydrogens is 417 g/mol. The molecule has 7 heteroatoms. The molecule has 0 saturated heterocycles. The molecule has 1 heterocycles. The van der Waals surface area contributed by atoms with Crippen molar-refractivity contribution in [3.05, 3.63) is 100 Å². The quantitative estimate of drug-likeness (QED) is 0.466. The van der Waals surface area contributed by atoms with E-state index in [1.807, 2.05) is 25.1 Å². The zero-order valence-electron chi connectivity index (χ0n) is 17.0. The Kier molecular flexibility index (Phi) is 5.37. The minimum atomic E-state index is -4.10. The summed E-state index contributed by atoms with van der Waals surface area (Å²) in [6.45, 7) is 2.12. The molecule has 5 nitrogen and oxygen atoms in total. The second kappa shape index (κ2) is 8.00. The van der Waals surface area contributed by atoms with Crippen molar-refractivity contribution in [3.8, 4) is 5.75 Å². The van der Waals surface area contributed by atoms with Crippen molar-refractivity contribution in [2.45, 2.75) is 23.3 Å². The normalized spacial score (nSPS) is 11.6. The van der Waals surface area contributed by atoms with Gasteiger partial charge in [0.15, 0.2) is 0 Å². The number of fused-ring (bicyclic) bond motifs is 1. The zero-order valence-corrected chi connectivity index (χ0v) is 17.8. The summed E-state index contributed by atoms with van der Waals surface area (Å²) in [5.74, 6) is 0.0452. The summed E-state index contributed by atoms with van der Waals surface area (Å²) in [7, 11) is -2.54. The Morgan fingerprint density at radius 3 is 2.45 bits per heavy atom. The van der Waals surface area contributed by atoms with Crippen LogP contribution in [0, 0.1) is 12.7 Å². The van der Waals surface area contributed by atoms with E-state index in [1.165, 1.54) is 30.5 Å². The monoisotopic (exact) mass is 437 g/mol. The number of hydrogen-bond donors (Lipinski definition) is 0. The molecule has 0 unspecified atom stereocenters. The fourth-order valence-electron chi connectivity index (χ4n) is 3.48. The van der Waals surface area contributed by atoms with Gasteiger partial charge in [-0.05, 0) is 55.0 Å². The largest absolute Gasteiger partial charge is 0.497 e. The SMILES string of the molecule is COc1cccc(Cn2cc(S(=O)(=O)c3ccc(C)cc3)c(=O)c3cc(F)ccc32)c1. The van der Waals surface area contributed by atoms with Crippen LogP contribution < -0.4 is 10.2 Å². The lowest BCUT2D eigenvalue weighted by Crippen LogP contribution is -2.20. The second-order valence-corrected chi connectivity index (χ2v) is 9.20. The Hall–Kier alpha value is -3.45. The molecule has 0 saturated carbocycles. The van der Waals surface area contributed by atoms with Crippen LogP contribution in [0.4, 0.5) is 4.39 Å². The summed E-state index contributed by atoms with van der Waals surface area (Å²) in [6, 6.07) is 17.4. The van der Waals surface area contributed by atoms with Gasteiger partial charge < -0.3 is 9.30 Å². The number of sulfone groups is 1. The van der Waals surface area contributed by atoms with Crippen LogP contribution in [0.1, 0.15) is 11.1 Å². The van der Waals surface area contributed by atoms with Crippen LogP contribution in [0.15, 0.2) is 87.5 Å². The highest BCUT2D eigenvalue weighted by molar-refractivity contribution is 7.91. The van der Waals surface area contributed by atoms with Crippen molar-refractivity contribution in [1.82, 2.24) is 4.57 Å². The molecule has 0 aliphatic carbocycles. The van der Waals surface area contributed by atoms with Gasteiger partial charge in [0.25, 0.3) is 0 Å². The average molecular weight is 437 g/mol. The van der Waals surface area contributed by atoms with E-state index in [2.05, 4.69) is 0 Å². The van der Waals surface area contributed by atoms with Gasteiger partial charge in [-0.2, -0.15) is 0 Å². The topological polar surface area (TPSA) is 65.4 Å². The third-order valence-corrected chi connectivity index (χ3v) is 6.88. The van der Waals surface area contributed by atoms with Crippen LogP contribution >= 0.6 is 0 Å². The van der Waals surface area contributed by atoms with Crippen molar-refractivity contribution in [2.24, 2.45) is 0 Å². The lowest BCUT2D eigenvalue weighted by molar-refractivity contribution is 0.414. The van der Waals surface area contributed by atoms with E-state index < -0.39 is 26.0 Å². The lowest BCUT2D eigenvalue weighted by Gasteiger charge is -2.15. The number of nitrogens with zero attached hydrogens (tertiary/aromatic N) is 1. The first-order valence-corrected chi connectivity index (χ1v) is 11.1. The molecule has 0 radical (unpaired) electrons. The molecule has 158 valence electrons. The van der Waals surface area contributed by atoms with Crippen LogP contribution in [-0.2, 0) is 16.4 Å². The maximum Gasteiger partial charge on any atom is 0.211 e. The van der Waals surface area contributed by atoms with Gasteiger partial charge in [-0.3, -0.25) is 4.79 Å². The first-order chi connectivity index (χ1) is 14.8. The van der Waals surface area contributed by atoms with Gasteiger partial charge in [-0.1, -0.05) is 29.8 Å². The van der Waals surface area contributed by atoms with Crippen molar-refractivity contribution in [3.63, 3.8) is 0 Å². The predicted octanol–water partition coefficient (Wildman–Crippen LogP) is 4.34. The Labute approximate surface area is 179 Å². The maximum atomic E-state index is 14.0. The zero-order chi connectivity index (χ0) is 22.2. The molecule has 1 aromatic heterocycles. The number of aryl methyl sites for hydroxylation is 1. The molecule has 4 aromatic rings. The van der Waals surface area contributed by atoms with E-state index in [4.69, 9.17) is 4.74 Å². The van der Waals surface area contributed by atoms with Crippen LogP contribution in [0.25, 0.3) is 10.9 Å². The maximum absolute atomic E-state index is 14.0. The van der Waals surface area contributed by atoms with E-state index in [-0.39, 0.29) is 16.8 Å². The number of rotatable bonds is 5. The average Bonchev–Trinajstić information content (AvgIpc) is 2.76. The van der Waals surface area contributed by atoms with Gasteiger partial charge in [0, 0.05) is 18.1 Å². The molecule has 0 amide bonds. The van der Waals surface area contributed by atoms with Gasteiger partial charge in [-0.25, -0.2) is 12.8 Å². The molecule has 0 spiro atoms. The number of aromatic nitrogens is 1. The molecule has 31 heavy (non-hydrogen) atoms. The molecule has 0 N–H and O–H groups in total. The van der Waals surface area contributed by atoms with Crippen molar-refractivity contribution >= 4 is 20.7 Å². The highest BCUT2D eigenvalue weighted by atomic mass is 32.2. The first-order valence-electron chi connectivity index (χ1n) is 9.57. The Balaban J connectivity index is 1.95. The highest BCUT2D eigenvalue weighted by Crippen LogP contribution is 2.23. The third-order valence-electron chi connectivity index (χ3n) is 5.12. The van der Waals surface area contributed by atoms with E-state index in [0.29, 0.717) is 11.3 Å². The lowest BCUT2D eigenvalue weighted by atomic mass is 10.1. The number of methoxy groups -OCH3 is 1. The van der Waals surface area contributed by atoms with Crippen molar-refractivity contribution in [2.75, 3.05) is 7.11 Å². The van der Waals surface area contributed by atoms with E-state index in [0.717, 1.165) is 17.2 Å². The van der Waals surface area contributed by atoms with Gasteiger partial charge in [0.2, 0.25) is 15.3 Å². The van der Waals surface area contributed by atoms with Crippen molar-refractivity contribution in [1.29, 1.82) is 0 Å². The Morgan fingerprint density at radius 1 is 1.00 bits per heavy atom. The van der Waals surface area contributed by atoms with Gasteiger partial charge in [0.05, 0.1) is 17.5 Å². The number of halogens is 1. The molecule has 0 aliphatic rings. The van der Waals surface area contributed by atoms with Crippen LogP contribution in [0.2, 0.25) is 0 Å². The summed E-state index contributed by atoms with van der Waals surface area (Å²) >= 11 is 0. The summed E-state index contributed by atoms with van der Waals surface area (Å²) in [4.78, 5) is 12.7. The fourth-order valence-corrected chi connectivity index (χ4v) is 4.85. The number of pyridine rings is 1. The first kappa shape index (κ1) is 20.8. The summed E-state index contributed by atoms with van der Waals surface area (Å²) in [5.41, 5.74) is 1.45. The predicted molar refractivity (Wildman–Crippen MR) is 117 cm³/mol. The minimum absolute atomic E-state index is 0.0103. The fraction of sp³-hybridized carbons (Fsp3) is 0.125. The molecule has 0 atom stereocenters. The van der Waals surface area contributed by atoms with Crippen molar-refractivity contribution < 1.29 is 17.5 Å². The Morgan fingerprint density at radius 2 is 1.74 bits per heavy atom. The third kappa shape index (κ3) is 3.96. The molecule has 0 fully saturated rings. The highest BCUT2D eigenvalue weighted by Gasteiger charge is 2.24. The van der Waals surface area contributed by atoms with E-state index in [1.54, 1.807) is 29.9 Å². The number of benzene rings is 3. The summed E-state index contributed by atoms with van der Waals surface area (Å²) in [5, 5.41) is 0.0103. The molecule has 3 aromatic carbocycles. The van der Waals surface area contributed by atoms with Gasteiger partial charge in [0.1, 0.15) is 16.5 Å². The van der Waals surface area contributed by atoms with Crippen LogP contribution in [-0.4, -0.2) is 20.1 Å². The number of hydrogen-bond acceptors (Lipinski definition) is 4. The Bertz CT molecular complexity index is 1440. The summed E-state index contributed by atoms with van der Waals surface area (Å²) < 4.78 is 47.4.